The molecule has 0 bridgehead atoms. The molecule has 0 saturated carbocycles. The van der Waals surface area contributed by atoms with Crippen LogP contribution in [0.2, 0.25) is 10.0 Å². The molecule has 96 valence electrons. The monoisotopic (exact) mass is 292 g/mol. The summed E-state index contributed by atoms with van der Waals surface area (Å²) >= 11 is 11.8. The number of carbonyl (C=O) groups is 1. The first kappa shape index (κ1) is 13.7. The summed E-state index contributed by atoms with van der Waals surface area (Å²) in [6, 6.07) is 11.2. The number of phenolic OH excluding ortho intramolecular Hbond substituents is 1. The van der Waals surface area contributed by atoms with E-state index >= 15 is 0 Å². The molecule has 1 N–H and O–H groups in total. The average molecular weight is 293 g/mol. The van der Waals surface area contributed by atoms with E-state index in [0.717, 1.165) is 0 Å². The van der Waals surface area contributed by atoms with Gasteiger partial charge in [0, 0.05) is 15.6 Å². The van der Waals surface area contributed by atoms with Crippen LogP contribution in [0.5, 0.6) is 5.75 Å². The molecule has 0 radical (unpaired) electrons. The predicted octanol–water partition coefficient (Wildman–Crippen LogP) is 4.60. The van der Waals surface area contributed by atoms with Crippen molar-refractivity contribution >= 4 is 35.1 Å². The average Bonchev–Trinajstić information content (AvgIpc) is 2.37. The van der Waals surface area contributed by atoms with Crippen LogP contribution in [0.3, 0.4) is 0 Å². The van der Waals surface area contributed by atoms with Gasteiger partial charge in [0.25, 0.3) is 0 Å². The first-order valence-corrected chi connectivity index (χ1v) is 6.28. The lowest BCUT2D eigenvalue weighted by atomic mass is 10.1. The predicted molar refractivity (Wildman–Crippen MR) is 77.9 cm³/mol. The molecule has 0 spiro atoms. The molecule has 0 heterocycles. The van der Waals surface area contributed by atoms with Crippen LogP contribution in [0.4, 0.5) is 0 Å². The zero-order valence-electron chi connectivity index (χ0n) is 9.81. The van der Waals surface area contributed by atoms with Gasteiger partial charge in [-0.05, 0) is 42.0 Å². The van der Waals surface area contributed by atoms with Crippen molar-refractivity contribution in [3.05, 3.63) is 69.7 Å². The highest BCUT2D eigenvalue weighted by molar-refractivity contribution is 6.35. The Morgan fingerprint density at radius 2 is 1.89 bits per heavy atom. The second-order valence-corrected chi connectivity index (χ2v) is 4.76. The number of allylic oxidation sites excluding steroid dienone is 1. The van der Waals surface area contributed by atoms with Crippen molar-refractivity contribution in [1.29, 1.82) is 0 Å². The number of benzene rings is 2. The number of halogens is 2. The summed E-state index contributed by atoms with van der Waals surface area (Å²) in [5.41, 5.74) is 1.13. The minimum absolute atomic E-state index is 0.0591. The molecule has 0 unspecified atom stereocenters. The van der Waals surface area contributed by atoms with E-state index in [0.29, 0.717) is 21.2 Å². The Morgan fingerprint density at radius 3 is 2.58 bits per heavy atom. The third-order valence-corrected chi connectivity index (χ3v) is 3.07. The minimum atomic E-state index is -0.207. The van der Waals surface area contributed by atoms with Gasteiger partial charge in [-0.15, -0.1) is 0 Å². The zero-order valence-corrected chi connectivity index (χ0v) is 11.3. The summed E-state index contributed by atoms with van der Waals surface area (Å²) in [7, 11) is 0. The minimum Gasteiger partial charge on any atom is -0.508 e. The van der Waals surface area contributed by atoms with E-state index < -0.39 is 0 Å². The Bertz CT molecular complexity index is 648. The van der Waals surface area contributed by atoms with Crippen LogP contribution in [-0.4, -0.2) is 10.9 Å². The first-order chi connectivity index (χ1) is 9.06. The molecule has 2 rings (SSSR count). The molecular weight excluding hydrogens is 283 g/mol. The van der Waals surface area contributed by atoms with Gasteiger partial charge < -0.3 is 5.11 Å². The van der Waals surface area contributed by atoms with Crippen LogP contribution in [-0.2, 0) is 0 Å². The topological polar surface area (TPSA) is 37.3 Å². The Morgan fingerprint density at radius 1 is 1.11 bits per heavy atom. The number of hydrogen-bond acceptors (Lipinski definition) is 2. The molecule has 0 aliphatic carbocycles. The summed E-state index contributed by atoms with van der Waals surface area (Å²) in [4.78, 5) is 11.9. The number of carbonyl (C=O) groups excluding carboxylic acids is 1. The highest BCUT2D eigenvalue weighted by Crippen LogP contribution is 2.22. The molecule has 2 aromatic carbocycles. The van der Waals surface area contributed by atoms with Gasteiger partial charge in [-0.1, -0.05) is 41.4 Å². The zero-order chi connectivity index (χ0) is 13.8. The van der Waals surface area contributed by atoms with Gasteiger partial charge in [-0.3, -0.25) is 4.79 Å². The van der Waals surface area contributed by atoms with E-state index in [1.165, 1.54) is 18.2 Å². The van der Waals surface area contributed by atoms with Crippen molar-refractivity contribution in [1.82, 2.24) is 0 Å². The van der Waals surface area contributed by atoms with E-state index in [9.17, 15) is 9.90 Å². The molecule has 0 aliphatic rings. The van der Waals surface area contributed by atoms with Gasteiger partial charge in [-0.25, -0.2) is 0 Å². The molecule has 0 saturated heterocycles. The maximum absolute atomic E-state index is 11.9. The largest absolute Gasteiger partial charge is 0.508 e. The summed E-state index contributed by atoms with van der Waals surface area (Å²) < 4.78 is 0. The number of phenols is 1. The number of ketones is 1. The van der Waals surface area contributed by atoms with E-state index in [-0.39, 0.29) is 11.5 Å². The summed E-state index contributed by atoms with van der Waals surface area (Å²) in [5, 5.41) is 10.3. The van der Waals surface area contributed by atoms with Gasteiger partial charge in [0.05, 0.1) is 0 Å². The van der Waals surface area contributed by atoms with Crippen molar-refractivity contribution in [2.45, 2.75) is 0 Å². The van der Waals surface area contributed by atoms with Crippen LogP contribution in [0, 0.1) is 0 Å². The van der Waals surface area contributed by atoms with Crippen molar-refractivity contribution in [2.75, 3.05) is 0 Å². The van der Waals surface area contributed by atoms with E-state index in [1.54, 1.807) is 36.4 Å². The molecule has 19 heavy (non-hydrogen) atoms. The van der Waals surface area contributed by atoms with E-state index in [2.05, 4.69) is 0 Å². The van der Waals surface area contributed by atoms with Crippen LogP contribution >= 0.6 is 23.2 Å². The highest BCUT2D eigenvalue weighted by atomic mass is 35.5. The Kier molecular flexibility index (Phi) is 4.25. The Labute approximate surface area is 120 Å². The SMILES string of the molecule is O=C(C=Cc1ccc(Cl)cc1Cl)c1cccc(O)c1. The fourth-order valence-corrected chi connectivity index (χ4v) is 2.03. The van der Waals surface area contributed by atoms with Crippen LogP contribution in [0.25, 0.3) is 6.08 Å². The fourth-order valence-electron chi connectivity index (χ4n) is 1.56. The van der Waals surface area contributed by atoms with Crippen molar-refractivity contribution < 1.29 is 9.90 Å². The van der Waals surface area contributed by atoms with Gasteiger partial charge in [0.15, 0.2) is 5.78 Å². The lowest BCUT2D eigenvalue weighted by Gasteiger charge is -1.99. The molecule has 0 amide bonds. The van der Waals surface area contributed by atoms with E-state index in [4.69, 9.17) is 23.2 Å². The highest BCUT2D eigenvalue weighted by Gasteiger charge is 2.03. The lowest BCUT2D eigenvalue weighted by molar-refractivity contribution is 0.104. The van der Waals surface area contributed by atoms with Gasteiger partial charge in [-0.2, -0.15) is 0 Å². The normalized spacial score (nSPS) is 10.8. The summed E-state index contributed by atoms with van der Waals surface area (Å²) in [5.74, 6) is -0.148. The molecule has 2 aromatic rings. The van der Waals surface area contributed by atoms with E-state index in [1.807, 2.05) is 0 Å². The van der Waals surface area contributed by atoms with Crippen molar-refractivity contribution in [3.63, 3.8) is 0 Å². The standard InChI is InChI=1S/C15H10Cl2O2/c16-12-6-4-10(14(17)9-12)5-7-15(19)11-2-1-3-13(18)8-11/h1-9,18H. The molecular formula is C15H10Cl2O2. The van der Waals surface area contributed by atoms with Crippen LogP contribution in [0.1, 0.15) is 15.9 Å². The second kappa shape index (κ2) is 5.91. The van der Waals surface area contributed by atoms with Crippen molar-refractivity contribution in [2.24, 2.45) is 0 Å². The van der Waals surface area contributed by atoms with Crippen molar-refractivity contribution in [3.8, 4) is 5.75 Å². The molecule has 0 fully saturated rings. The molecule has 0 aliphatic heterocycles. The Hall–Kier alpha value is -1.77. The first-order valence-electron chi connectivity index (χ1n) is 5.53. The van der Waals surface area contributed by atoms with Crippen LogP contribution in [0.15, 0.2) is 48.5 Å². The smallest absolute Gasteiger partial charge is 0.185 e. The maximum Gasteiger partial charge on any atom is 0.185 e. The quantitative estimate of drug-likeness (QED) is 0.663. The lowest BCUT2D eigenvalue weighted by Crippen LogP contribution is -1.93. The summed E-state index contributed by atoms with van der Waals surface area (Å²) in [6.07, 6.45) is 3.02. The number of aromatic hydroxyl groups is 1. The fraction of sp³-hybridized carbons (Fsp3) is 0. The Balaban J connectivity index is 2.21. The van der Waals surface area contributed by atoms with Crippen LogP contribution < -0.4 is 0 Å². The molecule has 0 aromatic heterocycles. The number of rotatable bonds is 3. The molecule has 2 nitrogen and oxygen atoms in total. The maximum atomic E-state index is 11.9. The third-order valence-electron chi connectivity index (χ3n) is 2.51. The van der Waals surface area contributed by atoms with Gasteiger partial charge in [0.1, 0.15) is 5.75 Å². The number of hydrogen-bond donors (Lipinski definition) is 1. The molecule has 0 atom stereocenters. The third kappa shape index (κ3) is 3.60. The summed E-state index contributed by atoms with van der Waals surface area (Å²) in [6.45, 7) is 0. The second-order valence-electron chi connectivity index (χ2n) is 3.91. The van der Waals surface area contributed by atoms with Gasteiger partial charge in [0.2, 0.25) is 0 Å². The van der Waals surface area contributed by atoms with Gasteiger partial charge >= 0.3 is 0 Å². The molecule has 4 heteroatoms.